The third-order valence-corrected chi connectivity index (χ3v) is 18.2. The maximum atomic E-state index is 12.6. The first-order valence-electron chi connectivity index (χ1n) is 23.1. The Bertz CT molecular complexity index is 2490. The van der Waals surface area contributed by atoms with Gasteiger partial charge >= 0.3 is 11.4 Å². The molecule has 0 spiro atoms. The van der Waals surface area contributed by atoms with E-state index in [0.717, 1.165) is 38.8 Å². The number of fused-ring (bicyclic) bond motifs is 6. The molecule has 66 heavy (non-hydrogen) atoms. The van der Waals surface area contributed by atoms with Gasteiger partial charge < -0.3 is 37.0 Å². The second-order valence-corrected chi connectivity index (χ2v) is 21.3. The predicted molar refractivity (Wildman–Crippen MR) is 241 cm³/mol. The fraction of sp³-hybridized carbons (Fsp3) is 0.565. The summed E-state index contributed by atoms with van der Waals surface area (Å²) < 4.78 is 59.1. The summed E-state index contributed by atoms with van der Waals surface area (Å²) in [4.78, 5) is 53.5. The lowest BCUT2D eigenvalue weighted by Gasteiger charge is -2.31. The van der Waals surface area contributed by atoms with Crippen molar-refractivity contribution in [2.45, 2.75) is 139 Å². The number of rotatable bonds is 10. The first-order valence-corrected chi connectivity index (χ1v) is 25.4. The van der Waals surface area contributed by atoms with Crippen molar-refractivity contribution in [3.8, 4) is 0 Å². The van der Waals surface area contributed by atoms with Crippen molar-refractivity contribution in [3.05, 3.63) is 137 Å². The van der Waals surface area contributed by atoms with E-state index in [2.05, 4.69) is 43.6 Å². The van der Waals surface area contributed by atoms with Crippen LogP contribution in [0.4, 0.5) is 0 Å². The molecule has 2 N–H and O–H groups in total. The predicted octanol–water partition coefficient (Wildman–Crippen LogP) is 5.54. The Kier molecular flexibility index (Phi) is 12.0. The van der Waals surface area contributed by atoms with E-state index in [-0.39, 0.29) is 24.4 Å². The monoisotopic (exact) mass is 946 g/mol. The van der Waals surface area contributed by atoms with Gasteiger partial charge in [-0.25, -0.2) is 18.9 Å². The van der Waals surface area contributed by atoms with Crippen LogP contribution in [0.2, 0.25) is 0 Å². The summed E-state index contributed by atoms with van der Waals surface area (Å²) in [5, 5.41) is 0. The van der Waals surface area contributed by atoms with Gasteiger partial charge in [-0.15, -0.1) is 0 Å². The summed E-state index contributed by atoms with van der Waals surface area (Å²) in [6, 6.07) is 21.2. The molecule has 0 radical (unpaired) electrons. The fourth-order valence-electron chi connectivity index (χ4n) is 11.0. The molecule has 10 heterocycles. The van der Waals surface area contributed by atoms with E-state index in [1.54, 1.807) is 13.8 Å². The summed E-state index contributed by atoms with van der Waals surface area (Å²) in [7, 11) is -2.58. The van der Waals surface area contributed by atoms with Crippen LogP contribution in [0.5, 0.6) is 0 Å². The van der Waals surface area contributed by atoms with Crippen molar-refractivity contribution >= 4 is 17.1 Å². The molecule has 12 rings (SSSR count). The van der Waals surface area contributed by atoms with Gasteiger partial charge in [0.2, 0.25) is 0 Å². The maximum absolute atomic E-state index is 12.6. The van der Waals surface area contributed by atoms with Gasteiger partial charge in [-0.05, 0) is 63.5 Å². The number of H-pyrrole nitrogens is 2. The van der Waals surface area contributed by atoms with Gasteiger partial charge in [0.05, 0.1) is 13.2 Å². The van der Waals surface area contributed by atoms with Crippen molar-refractivity contribution in [1.82, 2.24) is 28.4 Å². The summed E-state index contributed by atoms with van der Waals surface area (Å²) in [5.74, 6) is 0. The highest BCUT2D eigenvalue weighted by atomic mass is 31.2. The molecule has 2 aromatic heterocycles. The Morgan fingerprint density at radius 1 is 0.636 bits per heavy atom. The topological polar surface area (TPSA) is 190 Å². The van der Waals surface area contributed by atoms with Gasteiger partial charge in [-0.3, -0.25) is 28.7 Å². The van der Waals surface area contributed by atoms with Gasteiger partial charge in [-0.1, -0.05) is 74.5 Å². The molecule has 0 saturated carbocycles. The number of hydrogen-bond donors (Lipinski definition) is 2. The fourth-order valence-corrected chi connectivity index (χ4v) is 15.1. The first-order chi connectivity index (χ1) is 32.0. The van der Waals surface area contributed by atoms with Crippen molar-refractivity contribution in [2.75, 3.05) is 26.3 Å². The van der Waals surface area contributed by atoms with Gasteiger partial charge in [0.1, 0.15) is 47.8 Å². The molecule has 4 aromatic rings. The average molecular weight is 947 g/mol. The average Bonchev–Trinajstić information content (AvgIpc) is 4.22. The van der Waals surface area contributed by atoms with Crippen molar-refractivity contribution < 1.29 is 37.0 Å². The second kappa shape index (κ2) is 17.7. The lowest BCUT2D eigenvalue weighted by Crippen LogP contribution is -2.42. The second-order valence-electron chi connectivity index (χ2n) is 18.5. The van der Waals surface area contributed by atoms with E-state index in [1.807, 2.05) is 50.2 Å². The Labute approximate surface area is 383 Å². The zero-order valence-electron chi connectivity index (χ0n) is 37.4. The highest BCUT2D eigenvalue weighted by Crippen LogP contribution is 2.65. The van der Waals surface area contributed by atoms with Crippen molar-refractivity contribution in [2.24, 2.45) is 0 Å². The molecular formula is C46H56N6O12P2. The minimum atomic E-state index is -1.29. The number of aromatic amines is 2. The van der Waals surface area contributed by atoms with Crippen LogP contribution in [0, 0.1) is 13.8 Å². The van der Waals surface area contributed by atoms with E-state index in [4.69, 9.17) is 37.0 Å². The van der Waals surface area contributed by atoms with Crippen LogP contribution in [-0.2, 0) is 37.0 Å². The normalized spacial score (nSPS) is 37.6. The number of aromatic nitrogens is 4. The number of aryl methyl sites for hydroxylation is 2. The quantitative estimate of drug-likeness (QED) is 0.189. The van der Waals surface area contributed by atoms with E-state index in [9.17, 15) is 19.2 Å². The van der Waals surface area contributed by atoms with Crippen LogP contribution < -0.4 is 22.5 Å². The molecule has 2 unspecified atom stereocenters. The minimum Gasteiger partial charge on any atom is -0.368 e. The molecule has 8 aliphatic rings. The molecule has 8 aliphatic heterocycles. The summed E-state index contributed by atoms with van der Waals surface area (Å²) in [6.07, 6.45) is 5.81. The highest BCUT2D eigenvalue weighted by Gasteiger charge is 2.66. The highest BCUT2D eigenvalue weighted by molar-refractivity contribution is 7.45. The molecule has 0 amide bonds. The molecule has 14 atom stereocenters. The van der Waals surface area contributed by atoms with E-state index >= 15 is 0 Å². The third kappa shape index (κ3) is 7.47. The Balaban J connectivity index is 0.000000146. The molecule has 2 aromatic carbocycles. The molecule has 0 aliphatic carbocycles. The number of ether oxygens (including phenoxy) is 4. The number of nitrogens with one attached hydrogen (secondary N) is 2. The molecule has 18 nitrogen and oxygen atoms in total. The summed E-state index contributed by atoms with van der Waals surface area (Å²) in [5.41, 5.74) is 0.0884. The van der Waals surface area contributed by atoms with Crippen LogP contribution >= 0.6 is 17.1 Å². The van der Waals surface area contributed by atoms with E-state index in [1.165, 1.54) is 32.7 Å². The Morgan fingerprint density at radius 2 is 1.05 bits per heavy atom. The third-order valence-electron chi connectivity index (χ3n) is 14.7. The molecular weight excluding hydrogens is 890 g/mol. The minimum absolute atomic E-state index is 0.0152. The summed E-state index contributed by atoms with van der Waals surface area (Å²) >= 11 is 0. The molecule has 352 valence electrons. The number of hydrogen-bond acceptors (Lipinski definition) is 14. The molecule has 4 bridgehead atoms. The van der Waals surface area contributed by atoms with Crippen LogP contribution in [0.1, 0.15) is 99.3 Å². The largest absolute Gasteiger partial charge is 0.368 e. The standard InChI is InChI=1S/2C23H28N3O6P/c2*1-3-23-13-29-18(21(30-23)25-12-14(2)20(27)24-22(25)28)19(23)32-33-26-11-7-10-16(26)17(31-33)15-8-5-4-6-9-15/h2*4-6,8-9,12,16-19,21H,3,7,10-11,13H2,1-2H3,(H,24,27,28)/t16-,17+,18+,19?,21-,23+,33+;16-,17+,18-,19?,21+,23-,33+/m10/s1. The van der Waals surface area contributed by atoms with Crippen LogP contribution in [0.15, 0.2) is 92.2 Å². The molecule has 20 heteroatoms. The van der Waals surface area contributed by atoms with Gasteiger partial charge in [0.15, 0.2) is 12.5 Å². The molecule has 8 fully saturated rings. The SMILES string of the molecule is CC[C@]12CO[C@@H](C1O[P@@]1O[C@H](c3ccccc3)[C@@H]3CCCN31)[C@H](n1cc(C)c(=O)[nH]c1=O)O2.CC[C@]12CO[C@@H](C1O[P@]1O[C@@H](c3ccccc3)[C@H]3CCCN31)[C@H](n1cc(C)c(=O)[nH]c1=O)O2. The molecule has 8 saturated heterocycles. The number of benzene rings is 2. The van der Waals surface area contributed by atoms with E-state index < -0.39 is 75.4 Å². The van der Waals surface area contributed by atoms with Gasteiger partial charge in [0.25, 0.3) is 28.2 Å². The van der Waals surface area contributed by atoms with E-state index in [0.29, 0.717) is 49.3 Å². The van der Waals surface area contributed by atoms with Gasteiger partial charge in [-0.2, -0.15) is 0 Å². The zero-order valence-corrected chi connectivity index (χ0v) is 39.1. The lowest BCUT2D eigenvalue weighted by atomic mass is 9.96. The van der Waals surface area contributed by atoms with Crippen LogP contribution in [-0.4, -0.2) is 102 Å². The number of nitrogens with zero attached hydrogens (tertiary/aromatic N) is 4. The van der Waals surface area contributed by atoms with Crippen molar-refractivity contribution in [1.29, 1.82) is 0 Å². The Hall–Kier alpha value is -3.74. The van der Waals surface area contributed by atoms with Crippen LogP contribution in [0.25, 0.3) is 0 Å². The first kappa shape index (κ1) is 44.7. The smallest absolute Gasteiger partial charge is 0.330 e. The zero-order chi connectivity index (χ0) is 45.5. The lowest BCUT2D eigenvalue weighted by molar-refractivity contribution is -0.175. The maximum Gasteiger partial charge on any atom is 0.330 e. The van der Waals surface area contributed by atoms with Crippen molar-refractivity contribution in [3.63, 3.8) is 0 Å². The van der Waals surface area contributed by atoms with Crippen LogP contribution in [0.3, 0.4) is 0 Å². The van der Waals surface area contributed by atoms with Gasteiger partial charge in [0, 0.05) is 48.7 Å². The Morgan fingerprint density at radius 3 is 1.44 bits per heavy atom. The summed E-state index contributed by atoms with van der Waals surface area (Å²) in [6.45, 7) is 10.1.